The zero-order chi connectivity index (χ0) is 42.2. The third-order valence-corrected chi connectivity index (χ3v) is 8.42. The summed E-state index contributed by atoms with van der Waals surface area (Å²) in [6.45, 7) is 17.1. The van der Waals surface area contributed by atoms with E-state index in [0.29, 0.717) is 64.4 Å². The Morgan fingerprint density at radius 3 is 1.26 bits per heavy atom. The molecule has 0 spiro atoms. The zero-order valence-electron chi connectivity index (χ0n) is 33.4. The highest BCUT2D eigenvalue weighted by Crippen LogP contribution is 2.22. The molecule has 4 rings (SSSR count). The number of H-pyrrole nitrogens is 2. The minimum absolute atomic E-state index is 0. The Hall–Kier alpha value is -4.61. The highest BCUT2D eigenvalue weighted by atomic mass is 35.5. The average Bonchev–Trinajstić information content (AvgIpc) is 3.15. The normalized spacial score (nSPS) is 10.0. The minimum atomic E-state index is -0.371. The van der Waals surface area contributed by atoms with Crippen LogP contribution in [0.3, 0.4) is 0 Å². The first kappa shape index (κ1) is 52.4. The maximum Gasteiger partial charge on any atom is 0.319 e. The molecule has 0 radical (unpaired) electrons. The molecule has 320 valence electrons. The maximum atomic E-state index is 11.2. The molecule has 0 unspecified atom stereocenters. The van der Waals surface area contributed by atoms with Gasteiger partial charge in [0.05, 0.1) is 37.6 Å². The van der Waals surface area contributed by atoms with Gasteiger partial charge in [-0.3, -0.25) is 19.6 Å². The predicted octanol–water partition coefficient (Wildman–Crippen LogP) is 7.91. The van der Waals surface area contributed by atoms with Crippen molar-refractivity contribution in [3.8, 4) is 29.9 Å². The SMILES string of the molecule is C.CCCCOc1nc(Cl)c(C)c(Cl)n1.CCCCOc1nc(N)c(C)c(=O)[nH]1.CCCCOc1nc(N)c(C)c(Cl)n1.CCCCOc1nc(O)c(C)c(=O)[nH]1. The fourth-order valence-corrected chi connectivity index (χ4v) is 4.01. The Bertz CT molecular complexity index is 1720. The number of aromatic amines is 2. The standard InChI is InChI=1S/C9H12Cl2N2O.C9H14ClN3O.C9H15N3O2.C9H14N2O3.CH4/c2*1-3-4-5-14-9-12-7(10)6(2)8(11)13-9;1-3-4-5-14-9-11-7(10)6(2)8(13)12-9;1-3-4-5-14-9-10-7(12)6(2)8(13)11-9;/h3-5H2,1-2H3;3-5H2,1-2H3,(H2,11,12,13);3-5H2,1-2H3,(H3,10,11,12,13);3-5H2,1-2H3,(H2,10,11,12,13);1H4. The molecule has 4 heterocycles. The van der Waals surface area contributed by atoms with Crippen molar-refractivity contribution in [3.05, 3.63) is 58.4 Å². The number of anilines is 2. The highest BCUT2D eigenvalue weighted by molar-refractivity contribution is 6.34. The van der Waals surface area contributed by atoms with Crippen molar-refractivity contribution in [1.29, 1.82) is 0 Å². The summed E-state index contributed by atoms with van der Waals surface area (Å²) < 4.78 is 20.9. The van der Waals surface area contributed by atoms with Gasteiger partial charge >= 0.3 is 12.0 Å². The Morgan fingerprint density at radius 2 is 0.877 bits per heavy atom. The molecule has 0 aromatic carbocycles. The number of nitrogens with zero attached hydrogens (tertiary/aromatic N) is 6. The summed E-state index contributed by atoms with van der Waals surface area (Å²) in [5, 5.41) is 10.3. The van der Waals surface area contributed by atoms with Gasteiger partial charge in [0.25, 0.3) is 23.1 Å². The molecule has 0 aliphatic carbocycles. The molecule has 0 amide bonds. The molecule has 4 aromatic heterocycles. The van der Waals surface area contributed by atoms with Crippen molar-refractivity contribution >= 4 is 46.4 Å². The number of halogens is 3. The number of unbranched alkanes of at least 4 members (excludes halogenated alkanes) is 4. The van der Waals surface area contributed by atoms with Crippen LogP contribution >= 0.6 is 34.8 Å². The fraction of sp³-hybridized carbons (Fsp3) is 0.568. The first-order valence-electron chi connectivity index (χ1n) is 18.3. The Labute approximate surface area is 349 Å². The molecule has 0 aliphatic rings. The molecule has 0 bridgehead atoms. The van der Waals surface area contributed by atoms with E-state index in [9.17, 15) is 14.7 Å². The highest BCUT2D eigenvalue weighted by Gasteiger charge is 2.09. The number of rotatable bonds is 16. The number of ether oxygens (including phenoxy) is 4. The molecule has 17 nitrogen and oxygen atoms in total. The van der Waals surface area contributed by atoms with Crippen molar-refractivity contribution in [2.24, 2.45) is 0 Å². The maximum absolute atomic E-state index is 11.2. The van der Waals surface area contributed by atoms with Crippen molar-refractivity contribution < 1.29 is 24.1 Å². The van der Waals surface area contributed by atoms with E-state index in [1.807, 2.05) is 6.92 Å². The second-order valence-electron chi connectivity index (χ2n) is 12.0. The van der Waals surface area contributed by atoms with Crippen LogP contribution in [-0.2, 0) is 0 Å². The lowest BCUT2D eigenvalue weighted by Gasteiger charge is -2.06. The van der Waals surface area contributed by atoms with E-state index >= 15 is 0 Å². The van der Waals surface area contributed by atoms with E-state index in [1.54, 1.807) is 20.8 Å². The summed E-state index contributed by atoms with van der Waals surface area (Å²) in [7, 11) is 0. The molecule has 0 saturated heterocycles. The van der Waals surface area contributed by atoms with E-state index in [-0.39, 0.29) is 59.8 Å². The van der Waals surface area contributed by atoms with Gasteiger partial charge in [-0.25, -0.2) is 0 Å². The molecule has 7 N–H and O–H groups in total. The first-order chi connectivity index (χ1) is 26.6. The van der Waals surface area contributed by atoms with Gasteiger partial charge in [0, 0.05) is 11.1 Å². The monoisotopic (exact) mass is 860 g/mol. The second-order valence-corrected chi connectivity index (χ2v) is 13.1. The van der Waals surface area contributed by atoms with E-state index in [2.05, 4.69) is 60.6 Å². The third kappa shape index (κ3) is 19.9. The second kappa shape index (κ2) is 28.7. The van der Waals surface area contributed by atoms with Crippen LogP contribution in [0.1, 0.15) is 109 Å². The molecular formula is C37H59Cl3N10O7. The quantitative estimate of drug-likeness (QED) is 0.0530. The van der Waals surface area contributed by atoms with E-state index in [4.69, 9.17) is 65.2 Å². The summed E-state index contributed by atoms with van der Waals surface area (Å²) in [6, 6.07) is 0.781. The van der Waals surface area contributed by atoms with Crippen molar-refractivity contribution in [2.75, 3.05) is 37.9 Å². The van der Waals surface area contributed by atoms with Crippen molar-refractivity contribution in [2.45, 2.75) is 114 Å². The van der Waals surface area contributed by atoms with Gasteiger partial charge in [0.2, 0.25) is 5.88 Å². The zero-order valence-corrected chi connectivity index (χ0v) is 35.6. The summed E-state index contributed by atoms with van der Waals surface area (Å²) in [5.74, 6) is 0.317. The van der Waals surface area contributed by atoms with Crippen LogP contribution < -0.4 is 41.5 Å². The van der Waals surface area contributed by atoms with Gasteiger partial charge in [-0.2, -0.15) is 29.9 Å². The summed E-state index contributed by atoms with van der Waals surface area (Å²) >= 11 is 17.5. The molecule has 0 aliphatic heterocycles. The Balaban J connectivity index is 0.000000729. The number of aromatic nitrogens is 8. The van der Waals surface area contributed by atoms with E-state index in [0.717, 1.165) is 51.4 Å². The first-order valence-corrected chi connectivity index (χ1v) is 19.4. The average molecular weight is 862 g/mol. The largest absolute Gasteiger partial charge is 0.493 e. The summed E-state index contributed by atoms with van der Waals surface area (Å²) in [4.78, 5) is 50.7. The summed E-state index contributed by atoms with van der Waals surface area (Å²) in [6.07, 6.45) is 7.91. The molecule has 0 saturated carbocycles. The van der Waals surface area contributed by atoms with Crippen LogP contribution in [0.5, 0.6) is 29.9 Å². The van der Waals surface area contributed by atoms with Crippen LogP contribution in [-0.4, -0.2) is 71.4 Å². The number of hydrogen-bond acceptors (Lipinski definition) is 15. The van der Waals surface area contributed by atoms with Gasteiger partial charge in [0.15, 0.2) is 0 Å². The number of hydrogen-bond donors (Lipinski definition) is 5. The fourth-order valence-electron chi connectivity index (χ4n) is 3.47. The van der Waals surface area contributed by atoms with Crippen LogP contribution in [0.15, 0.2) is 9.59 Å². The topological polar surface area (TPSA) is 252 Å². The molecule has 0 fully saturated rings. The van der Waals surface area contributed by atoms with Gasteiger partial charge in [-0.1, -0.05) is 95.6 Å². The van der Waals surface area contributed by atoms with Gasteiger partial charge < -0.3 is 35.5 Å². The lowest BCUT2D eigenvalue weighted by molar-refractivity contribution is 0.278. The van der Waals surface area contributed by atoms with Crippen LogP contribution in [0.4, 0.5) is 11.6 Å². The van der Waals surface area contributed by atoms with Crippen LogP contribution in [0, 0.1) is 27.7 Å². The number of nitrogens with two attached hydrogens (primary N) is 2. The Morgan fingerprint density at radius 1 is 0.526 bits per heavy atom. The van der Waals surface area contributed by atoms with Gasteiger partial charge in [0.1, 0.15) is 27.1 Å². The van der Waals surface area contributed by atoms with Crippen LogP contribution in [0.25, 0.3) is 0 Å². The number of nitrogens with one attached hydrogen (secondary N) is 2. The lowest BCUT2D eigenvalue weighted by atomic mass is 10.3. The van der Waals surface area contributed by atoms with Crippen LogP contribution in [0.2, 0.25) is 15.5 Å². The van der Waals surface area contributed by atoms with Crippen molar-refractivity contribution in [1.82, 2.24) is 39.9 Å². The smallest absolute Gasteiger partial charge is 0.319 e. The molecule has 20 heteroatoms. The number of nitrogen functional groups attached to an aromatic ring is 2. The van der Waals surface area contributed by atoms with Gasteiger partial charge in [-0.05, 0) is 53.4 Å². The molecule has 57 heavy (non-hydrogen) atoms. The molecule has 4 aromatic rings. The molecule has 0 atom stereocenters. The Kier molecular flexibility index (Phi) is 26.4. The summed E-state index contributed by atoms with van der Waals surface area (Å²) in [5.41, 5.74) is 12.5. The van der Waals surface area contributed by atoms with E-state index < -0.39 is 0 Å². The van der Waals surface area contributed by atoms with E-state index in [1.165, 1.54) is 6.92 Å². The minimum Gasteiger partial charge on any atom is -0.493 e. The third-order valence-electron chi connectivity index (χ3n) is 7.31. The lowest BCUT2D eigenvalue weighted by Crippen LogP contribution is -2.16. The predicted molar refractivity (Wildman–Crippen MR) is 227 cm³/mol. The van der Waals surface area contributed by atoms with Gasteiger partial charge in [-0.15, -0.1) is 0 Å². The number of aromatic hydroxyl groups is 1. The van der Waals surface area contributed by atoms with Crippen molar-refractivity contribution in [3.63, 3.8) is 0 Å². The molecular weight excluding hydrogens is 803 g/mol.